The normalized spacial score (nSPS) is 10.7. The lowest BCUT2D eigenvalue weighted by molar-refractivity contribution is -0.140. The zero-order valence-electron chi connectivity index (χ0n) is 13.5. The molecule has 6 nitrogen and oxygen atoms in total. The first-order valence-corrected chi connectivity index (χ1v) is 7.65. The van der Waals surface area contributed by atoms with E-state index in [1.807, 2.05) is 6.07 Å². The Kier molecular flexibility index (Phi) is 12.7. The van der Waals surface area contributed by atoms with Crippen molar-refractivity contribution in [2.75, 3.05) is 27.2 Å². The van der Waals surface area contributed by atoms with Crippen molar-refractivity contribution in [2.45, 2.75) is 25.7 Å². The molecule has 0 atom stereocenters. The van der Waals surface area contributed by atoms with E-state index in [2.05, 4.69) is 25.3 Å². The van der Waals surface area contributed by atoms with Gasteiger partial charge in [0.25, 0.3) is 0 Å². The highest BCUT2D eigenvalue weighted by atomic mass is 127. The topological polar surface area (TPSA) is 75.6 Å². The molecule has 0 spiro atoms. The number of esters is 1. The van der Waals surface area contributed by atoms with Crippen LogP contribution in [0.15, 0.2) is 23.3 Å². The van der Waals surface area contributed by atoms with Crippen molar-refractivity contribution >= 4 is 47.5 Å². The van der Waals surface area contributed by atoms with E-state index in [0.717, 1.165) is 43.9 Å². The summed E-state index contributed by atoms with van der Waals surface area (Å²) in [5.41, 5.74) is 1.12. The number of carbonyl (C=O) groups excluding carboxylic acids is 1. The van der Waals surface area contributed by atoms with Crippen LogP contribution in [0.4, 0.5) is 0 Å². The van der Waals surface area contributed by atoms with E-state index in [-0.39, 0.29) is 29.9 Å². The number of nitrogens with zero attached hydrogens (tertiary/aromatic N) is 2. The van der Waals surface area contributed by atoms with Crippen LogP contribution in [0, 0.1) is 0 Å². The molecule has 2 N–H and O–H groups in total. The highest BCUT2D eigenvalue weighted by molar-refractivity contribution is 14.0. The Morgan fingerprint density at radius 1 is 1.30 bits per heavy atom. The largest absolute Gasteiger partial charge is 0.469 e. The van der Waals surface area contributed by atoms with E-state index in [0.29, 0.717) is 11.6 Å². The van der Waals surface area contributed by atoms with E-state index < -0.39 is 0 Å². The van der Waals surface area contributed by atoms with Crippen LogP contribution in [0.5, 0.6) is 0 Å². The molecule has 0 aliphatic heterocycles. The number of hydrogen-bond donors (Lipinski definition) is 2. The fourth-order valence-corrected chi connectivity index (χ4v) is 1.92. The monoisotopic (exact) mass is 454 g/mol. The predicted molar refractivity (Wildman–Crippen MR) is 104 cm³/mol. The second kappa shape index (κ2) is 13.4. The van der Waals surface area contributed by atoms with Gasteiger partial charge in [0.05, 0.1) is 7.11 Å². The van der Waals surface area contributed by atoms with Crippen molar-refractivity contribution in [3.05, 3.63) is 29.0 Å². The minimum absolute atomic E-state index is 0. The maximum atomic E-state index is 11.0. The molecule has 23 heavy (non-hydrogen) atoms. The minimum Gasteiger partial charge on any atom is -0.469 e. The average Bonchev–Trinajstić information content (AvgIpc) is 2.54. The molecule has 0 saturated carbocycles. The number of aromatic nitrogens is 1. The third-order valence-electron chi connectivity index (χ3n) is 3.05. The van der Waals surface area contributed by atoms with Crippen molar-refractivity contribution < 1.29 is 9.53 Å². The molecule has 1 aromatic rings. The highest BCUT2D eigenvalue weighted by Gasteiger charge is 2.01. The summed E-state index contributed by atoms with van der Waals surface area (Å²) in [6.07, 6.45) is 4.75. The Bertz CT molecular complexity index is 483. The second-order valence-electron chi connectivity index (χ2n) is 4.70. The Labute approximate surface area is 159 Å². The number of nitrogens with one attached hydrogen (secondary N) is 2. The van der Waals surface area contributed by atoms with Crippen molar-refractivity contribution in [2.24, 2.45) is 4.99 Å². The molecule has 1 rings (SSSR count). The molecule has 0 aromatic carbocycles. The van der Waals surface area contributed by atoms with Gasteiger partial charge in [-0.25, -0.2) is 4.98 Å². The van der Waals surface area contributed by atoms with E-state index in [1.165, 1.54) is 7.11 Å². The van der Waals surface area contributed by atoms with Crippen molar-refractivity contribution in [1.82, 2.24) is 15.6 Å². The van der Waals surface area contributed by atoms with Crippen LogP contribution in [-0.2, 0) is 16.0 Å². The molecule has 0 amide bonds. The molecule has 1 aromatic heterocycles. The maximum absolute atomic E-state index is 11.0. The lowest BCUT2D eigenvalue weighted by Crippen LogP contribution is -2.38. The Balaban J connectivity index is 0.00000484. The van der Waals surface area contributed by atoms with Gasteiger partial charge in [0.2, 0.25) is 0 Å². The summed E-state index contributed by atoms with van der Waals surface area (Å²) in [6, 6.07) is 3.74. The Morgan fingerprint density at radius 3 is 2.65 bits per heavy atom. The summed E-state index contributed by atoms with van der Waals surface area (Å²) in [4.78, 5) is 19.2. The van der Waals surface area contributed by atoms with Crippen molar-refractivity contribution in [3.8, 4) is 0 Å². The molecule has 130 valence electrons. The quantitative estimate of drug-likeness (QED) is 0.158. The van der Waals surface area contributed by atoms with Crippen LogP contribution in [0.25, 0.3) is 0 Å². The Hall–Kier alpha value is -1.09. The molecule has 0 bridgehead atoms. The average molecular weight is 455 g/mol. The van der Waals surface area contributed by atoms with Crippen molar-refractivity contribution in [3.63, 3.8) is 0 Å². The zero-order chi connectivity index (χ0) is 16.2. The van der Waals surface area contributed by atoms with Gasteiger partial charge < -0.3 is 15.4 Å². The van der Waals surface area contributed by atoms with E-state index >= 15 is 0 Å². The lowest BCUT2D eigenvalue weighted by atomic mass is 10.2. The van der Waals surface area contributed by atoms with Crippen molar-refractivity contribution in [1.29, 1.82) is 0 Å². The summed E-state index contributed by atoms with van der Waals surface area (Å²) in [5.74, 6) is 0.582. The van der Waals surface area contributed by atoms with Crippen LogP contribution in [0.3, 0.4) is 0 Å². The number of pyridine rings is 1. The van der Waals surface area contributed by atoms with Gasteiger partial charge in [0.1, 0.15) is 5.15 Å². The molecule has 0 saturated heterocycles. The number of guanidine groups is 1. The first kappa shape index (κ1) is 21.9. The van der Waals surface area contributed by atoms with Gasteiger partial charge in [-0.15, -0.1) is 24.0 Å². The summed E-state index contributed by atoms with van der Waals surface area (Å²) in [5, 5.41) is 6.94. The van der Waals surface area contributed by atoms with Crippen LogP contribution < -0.4 is 10.6 Å². The maximum Gasteiger partial charge on any atom is 0.305 e. The summed E-state index contributed by atoms with van der Waals surface area (Å²) in [7, 11) is 3.14. The molecule has 0 fully saturated rings. The Morgan fingerprint density at radius 2 is 2.04 bits per heavy atom. The highest BCUT2D eigenvalue weighted by Crippen LogP contribution is 2.05. The molecule has 1 heterocycles. The first-order chi connectivity index (χ1) is 10.7. The summed E-state index contributed by atoms with van der Waals surface area (Å²) >= 11 is 5.75. The molecule has 0 aliphatic rings. The predicted octanol–water partition coefficient (Wildman–Crippen LogP) is 2.40. The third kappa shape index (κ3) is 10.3. The van der Waals surface area contributed by atoms with E-state index in [9.17, 15) is 4.79 Å². The smallest absolute Gasteiger partial charge is 0.305 e. The van der Waals surface area contributed by atoms with Gasteiger partial charge in [-0.1, -0.05) is 17.7 Å². The SMILES string of the molecule is CN=C(NCCCCC(=O)OC)NCCc1ccc(Cl)nc1.I. The van der Waals surface area contributed by atoms with E-state index in [4.69, 9.17) is 11.6 Å². The fourth-order valence-electron chi connectivity index (χ4n) is 1.80. The number of rotatable bonds is 8. The molecule has 0 radical (unpaired) electrons. The number of aliphatic imine (C=N–C) groups is 1. The second-order valence-corrected chi connectivity index (χ2v) is 5.09. The van der Waals surface area contributed by atoms with Crippen LogP contribution in [0.1, 0.15) is 24.8 Å². The molecule has 8 heteroatoms. The minimum atomic E-state index is -0.168. The van der Waals surface area contributed by atoms with Gasteiger partial charge in [-0.2, -0.15) is 0 Å². The van der Waals surface area contributed by atoms with Gasteiger partial charge in [0.15, 0.2) is 5.96 Å². The van der Waals surface area contributed by atoms with Gasteiger partial charge in [-0.3, -0.25) is 9.79 Å². The number of methoxy groups -OCH3 is 1. The third-order valence-corrected chi connectivity index (χ3v) is 3.27. The zero-order valence-corrected chi connectivity index (χ0v) is 16.6. The van der Waals surface area contributed by atoms with Gasteiger partial charge in [0, 0.05) is 32.8 Å². The summed E-state index contributed by atoms with van der Waals surface area (Å²) < 4.78 is 4.59. The number of halogens is 2. The lowest BCUT2D eigenvalue weighted by Gasteiger charge is -2.11. The first-order valence-electron chi connectivity index (χ1n) is 7.27. The fraction of sp³-hybridized carbons (Fsp3) is 0.533. The van der Waals surface area contributed by atoms with Crippen LogP contribution >= 0.6 is 35.6 Å². The van der Waals surface area contributed by atoms with E-state index in [1.54, 1.807) is 19.3 Å². The number of unbranched alkanes of at least 4 members (excludes halogenated alkanes) is 1. The van der Waals surface area contributed by atoms with Gasteiger partial charge in [-0.05, 0) is 30.9 Å². The standard InChI is InChI=1S/C15H23ClN4O2.HI/c1-17-15(18-9-4-3-5-14(21)22-2)19-10-8-12-6-7-13(16)20-11-12;/h6-7,11H,3-5,8-10H2,1-2H3,(H2,17,18,19);1H. The molecular formula is C15H24ClIN4O2. The summed E-state index contributed by atoms with van der Waals surface area (Å²) in [6.45, 7) is 1.52. The molecule has 0 aliphatic carbocycles. The van der Waals surface area contributed by atoms with Gasteiger partial charge >= 0.3 is 5.97 Å². The van der Waals surface area contributed by atoms with Crippen LogP contribution in [0.2, 0.25) is 5.15 Å². The number of hydrogen-bond acceptors (Lipinski definition) is 4. The number of carbonyl (C=O) groups is 1. The van der Waals surface area contributed by atoms with Crippen LogP contribution in [-0.4, -0.2) is 44.2 Å². The molecule has 0 unspecified atom stereocenters. The molecular weight excluding hydrogens is 431 g/mol. The number of ether oxygens (including phenoxy) is 1.